The lowest BCUT2D eigenvalue weighted by Gasteiger charge is -2.11. The van der Waals surface area contributed by atoms with E-state index in [1.165, 1.54) is 6.33 Å². The Balaban J connectivity index is 1.98. The van der Waals surface area contributed by atoms with Gasteiger partial charge in [0.1, 0.15) is 24.0 Å². The average molecular weight is 351 g/mol. The van der Waals surface area contributed by atoms with Crippen molar-refractivity contribution in [1.82, 2.24) is 34.3 Å². The zero-order chi connectivity index (χ0) is 18.3. The fourth-order valence-corrected chi connectivity index (χ4v) is 2.88. The Bertz CT molecular complexity index is 1090. The monoisotopic (exact) mass is 351 g/mol. The van der Waals surface area contributed by atoms with E-state index >= 15 is 0 Å². The Hall–Kier alpha value is -3.49. The summed E-state index contributed by atoms with van der Waals surface area (Å²) in [5.41, 5.74) is 2.40. The molecule has 0 saturated heterocycles. The molecule has 1 aromatic carbocycles. The zero-order valence-electron chi connectivity index (χ0n) is 14.8. The van der Waals surface area contributed by atoms with Crippen molar-refractivity contribution in [2.45, 2.75) is 13.8 Å². The molecule has 9 heteroatoms. The maximum atomic E-state index is 5.39. The molecule has 0 saturated carbocycles. The van der Waals surface area contributed by atoms with Crippen LogP contribution < -0.4 is 9.47 Å². The van der Waals surface area contributed by atoms with E-state index in [1.807, 2.05) is 32.0 Å². The third-order valence-electron chi connectivity index (χ3n) is 4.09. The van der Waals surface area contributed by atoms with Crippen LogP contribution in [0.5, 0.6) is 11.5 Å². The number of imidazole rings is 1. The zero-order valence-corrected chi connectivity index (χ0v) is 14.8. The van der Waals surface area contributed by atoms with Gasteiger partial charge >= 0.3 is 0 Å². The minimum Gasteiger partial charge on any atom is -0.493 e. The summed E-state index contributed by atoms with van der Waals surface area (Å²) >= 11 is 0. The van der Waals surface area contributed by atoms with Crippen LogP contribution in [0.25, 0.3) is 22.7 Å². The lowest BCUT2D eigenvalue weighted by molar-refractivity contribution is 0.355. The highest BCUT2D eigenvalue weighted by Crippen LogP contribution is 2.31. The van der Waals surface area contributed by atoms with Crippen LogP contribution in [0.1, 0.15) is 11.5 Å². The number of methoxy groups -OCH3 is 2. The predicted octanol–water partition coefficient (Wildman–Crippen LogP) is 2.01. The van der Waals surface area contributed by atoms with Gasteiger partial charge in [-0.2, -0.15) is 5.10 Å². The number of hydrogen-bond acceptors (Lipinski definition) is 7. The van der Waals surface area contributed by atoms with Gasteiger partial charge in [-0.25, -0.2) is 24.1 Å². The largest absolute Gasteiger partial charge is 0.493 e. The second-order valence-corrected chi connectivity index (χ2v) is 5.67. The van der Waals surface area contributed by atoms with Gasteiger partial charge in [-0.05, 0) is 32.0 Å². The number of aryl methyl sites for hydroxylation is 2. The van der Waals surface area contributed by atoms with Crippen molar-refractivity contribution in [3.63, 3.8) is 0 Å². The normalized spacial score (nSPS) is 11.1. The number of aromatic nitrogens is 7. The van der Waals surface area contributed by atoms with Crippen molar-refractivity contribution >= 4 is 5.52 Å². The third-order valence-corrected chi connectivity index (χ3v) is 4.09. The van der Waals surface area contributed by atoms with Crippen molar-refractivity contribution in [2.75, 3.05) is 14.2 Å². The smallest absolute Gasteiger partial charge is 0.185 e. The van der Waals surface area contributed by atoms with E-state index in [4.69, 9.17) is 14.5 Å². The molecule has 0 radical (unpaired) electrons. The standard InChI is InChI=1S/C17H17N7O2/c1-10-15-17(23-9-18-8-19-23)21-16(22-24(15)11(2)20-10)12-5-6-13(25-3)14(7-12)26-4/h5-9H,1-4H3. The maximum absolute atomic E-state index is 5.39. The summed E-state index contributed by atoms with van der Waals surface area (Å²) in [6.07, 6.45) is 3.07. The van der Waals surface area contributed by atoms with Gasteiger partial charge in [0, 0.05) is 5.56 Å². The van der Waals surface area contributed by atoms with E-state index in [1.54, 1.807) is 29.7 Å². The molecule has 9 nitrogen and oxygen atoms in total. The Kier molecular flexibility index (Phi) is 3.76. The molecule has 132 valence electrons. The summed E-state index contributed by atoms with van der Waals surface area (Å²) in [7, 11) is 3.19. The highest BCUT2D eigenvalue weighted by molar-refractivity contribution is 5.68. The van der Waals surface area contributed by atoms with E-state index in [-0.39, 0.29) is 0 Å². The molecule has 0 aliphatic heterocycles. The van der Waals surface area contributed by atoms with Crippen molar-refractivity contribution in [2.24, 2.45) is 0 Å². The number of fused-ring (bicyclic) bond motifs is 1. The molecule has 0 spiro atoms. The minimum atomic E-state index is 0.518. The molecule has 0 aliphatic carbocycles. The van der Waals surface area contributed by atoms with Crippen molar-refractivity contribution in [3.8, 4) is 28.7 Å². The second-order valence-electron chi connectivity index (χ2n) is 5.67. The van der Waals surface area contributed by atoms with Crippen LogP contribution in [0.2, 0.25) is 0 Å². The van der Waals surface area contributed by atoms with E-state index in [9.17, 15) is 0 Å². The highest BCUT2D eigenvalue weighted by Gasteiger charge is 2.18. The number of hydrogen-bond donors (Lipinski definition) is 0. The number of nitrogens with zero attached hydrogens (tertiary/aromatic N) is 7. The molecule has 0 amide bonds. The molecule has 3 heterocycles. The summed E-state index contributed by atoms with van der Waals surface area (Å²) in [5, 5.41) is 8.86. The van der Waals surface area contributed by atoms with Crippen molar-refractivity contribution in [3.05, 3.63) is 42.4 Å². The van der Waals surface area contributed by atoms with Gasteiger partial charge in [-0.15, -0.1) is 5.10 Å². The first-order chi connectivity index (χ1) is 12.6. The van der Waals surface area contributed by atoms with Crippen LogP contribution in [-0.4, -0.2) is 48.6 Å². The third kappa shape index (κ3) is 2.44. The molecule has 4 aromatic rings. The fraction of sp³-hybridized carbons (Fsp3) is 0.235. The highest BCUT2D eigenvalue weighted by atomic mass is 16.5. The topological polar surface area (TPSA) is 92.2 Å². The first kappa shape index (κ1) is 16.0. The molecule has 26 heavy (non-hydrogen) atoms. The number of benzene rings is 1. The molecule has 3 aromatic heterocycles. The number of ether oxygens (including phenoxy) is 2. The van der Waals surface area contributed by atoms with Gasteiger partial charge in [0.2, 0.25) is 0 Å². The molecule has 0 unspecified atom stereocenters. The lowest BCUT2D eigenvalue weighted by atomic mass is 10.2. The van der Waals surface area contributed by atoms with Crippen molar-refractivity contribution < 1.29 is 9.47 Å². The van der Waals surface area contributed by atoms with Crippen LogP contribution in [0.3, 0.4) is 0 Å². The summed E-state index contributed by atoms with van der Waals surface area (Å²) in [4.78, 5) is 13.2. The molecular weight excluding hydrogens is 334 g/mol. The van der Waals surface area contributed by atoms with E-state index in [0.29, 0.717) is 23.1 Å². The summed E-state index contributed by atoms with van der Waals surface area (Å²) in [6, 6.07) is 5.54. The van der Waals surface area contributed by atoms with Crippen LogP contribution in [-0.2, 0) is 0 Å². The maximum Gasteiger partial charge on any atom is 0.185 e. The second kappa shape index (κ2) is 6.10. The van der Waals surface area contributed by atoms with E-state index in [0.717, 1.165) is 22.6 Å². The Labute approximate surface area is 149 Å². The van der Waals surface area contributed by atoms with Crippen LogP contribution in [0, 0.1) is 13.8 Å². The quantitative estimate of drug-likeness (QED) is 0.555. The molecular formula is C17H17N7O2. The van der Waals surface area contributed by atoms with Gasteiger partial charge in [-0.1, -0.05) is 0 Å². The van der Waals surface area contributed by atoms with Crippen LogP contribution >= 0.6 is 0 Å². The minimum absolute atomic E-state index is 0.518. The summed E-state index contributed by atoms with van der Waals surface area (Å²) in [6.45, 7) is 3.82. The SMILES string of the molecule is COc1ccc(-c2nc(-n3cncn3)c3c(C)nc(C)n3n2)cc1OC. The number of rotatable bonds is 4. The van der Waals surface area contributed by atoms with E-state index in [2.05, 4.69) is 20.2 Å². The lowest BCUT2D eigenvalue weighted by Crippen LogP contribution is -2.08. The molecule has 0 atom stereocenters. The van der Waals surface area contributed by atoms with Gasteiger partial charge < -0.3 is 9.47 Å². The first-order valence-corrected chi connectivity index (χ1v) is 7.93. The Morgan fingerprint density at radius 1 is 1.00 bits per heavy atom. The van der Waals surface area contributed by atoms with Gasteiger partial charge in [0.15, 0.2) is 23.1 Å². The molecule has 4 rings (SSSR count). The Morgan fingerprint density at radius 3 is 2.50 bits per heavy atom. The fourth-order valence-electron chi connectivity index (χ4n) is 2.88. The van der Waals surface area contributed by atoms with Gasteiger partial charge in [0.05, 0.1) is 19.9 Å². The molecule has 0 fully saturated rings. The predicted molar refractivity (Wildman–Crippen MR) is 93.7 cm³/mol. The Morgan fingerprint density at radius 2 is 1.81 bits per heavy atom. The van der Waals surface area contributed by atoms with Gasteiger partial charge in [-0.3, -0.25) is 0 Å². The van der Waals surface area contributed by atoms with Crippen molar-refractivity contribution in [1.29, 1.82) is 0 Å². The van der Waals surface area contributed by atoms with E-state index < -0.39 is 0 Å². The van der Waals surface area contributed by atoms with Crippen LogP contribution in [0.4, 0.5) is 0 Å². The summed E-state index contributed by atoms with van der Waals surface area (Å²) < 4.78 is 14.1. The van der Waals surface area contributed by atoms with Crippen LogP contribution in [0.15, 0.2) is 30.9 Å². The first-order valence-electron chi connectivity index (χ1n) is 7.93. The molecule has 0 N–H and O–H groups in total. The average Bonchev–Trinajstić information content (AvgIpc) is 3.29. The molecule has 0 bridgehead atoms. The summed E-state index contributed by atoms with van der Waals surface area (Å²) in [5.74, 6) is 3.14. The van der Waals surface area contributed by atoms with Gasteiger partial charge in [0.25, 0.3) is 0 Å². The molecule has 0 aliphatic rings.